The summed E-state index contributed by atoms with van der Waals surface area (Å²) in [5.41, 5.74) is 2.28. The zero-order valence-corrected chi connectivity index (χ0v) is 35.6. The van der Waals surface area contributed by atoms with E-state index in [2.05, 4.69) is 10.9 Å². The van der Waals surface area contributed by atoms with Crippen molar-refractivity contribution in [3.8, 4) is 50.8 Å². The van der Waals surface area contributed by atoms with Crippen molar-refractivity contribution in [3.63, 3.8) is 0 Å². The number of aryl methyl sites for hydroxylation is 2. The van der Waals surface area contributed by atoms with Crippen molar-refractivity contribution in [2.24, 2.45) is 0 Å². The third-order valence-electron chi connectivity index (χ3n) is 12.2. The molecule has 0 bridgehead atoms. The molecule has 0 saturated carbocycles. The first-order chi connectivity index (χ1) is 32.3. The van der Waals surface area contributed by atoms with E-state index in [0.29, 0.717) is 89.7 Å². The molecule has 0 fully saturated rings. The van der Waals surface area contributed by atoms with Crippen molar-refractivity contribution in [1.82, 2.24) is 9.13 Å². The van der Waals surface area contributed by atoms with Crippen LogP contribution in [0.3, 0.4) is 0 Å². The summed E-state index contributed by atoms with van der Waals surface area (Å²) in [5, 5.41) is 12.9. The van der Waals surface area contributed by atoms with E-state index in [1.807, 2.05) is 54.0 Å². The molecule has 68 heavy (non-hydrogen) atoms. The minimum Gasteiger partial charge on any atom is -0.319 e. The molecule has 2 heterocycles. The van der Waals surface area contributed by atoms with Crippen molar-refractivity contribution in [1.29, 1.82) is 5.26 Å². The molecule has 334 valence electrons. The van der Waals surface area contributed by atoms with Gasteiger partial charge in [0.1, 0.15) is 0 Å². The fourth-order valence-electron chi connectivity index (χ4n) is 9.36. The zero-order chi connectivity index (χ0) is 48.0. The Kier molecular flexibility index (Phi) is 10.0. The minimum absolute atomic E-state index is 0.0583. The maximum Gasteiger partial charge on any atom is 0.416 e. The molecule has 2 aromatic heterocycles. The van der Waals surface area contributed by atoms with Gasteiger partial charge in [0.25, 0.3) is 0 Å². The van der Waals surface area contributed by atoms with Gasteiger partial charge in [-0.3, -0.25) is 0 Å². The normalized spacial score (nSPS) is 12.3. The van der Waals surface area contributed by atoms with Gasteiger partial charge in [-0.15, -0.1) is 0 Å². The number of benzene rings is 8. The Morgan fingerprint density at radius 3 is 1.47 bits per heavy atom. The molecule has 0 atom stereocenters. The molecule has 8 aromatic carbocycles. The molecule has 0 radical (unpaired) electrons. The van der Waals surface area contributed by atoms with Crippen molar-refractivity contribution in [2.45, 2.75) is 32.4 Å². The van der Waals surface area contributed by atoms with E-state index in [9.17, 15) is 44.8 Å². The van der Waals surface area contributed by atoms with Gasteiger partial charge in [-0.05, 0) is 131 Å². The van der Waals surface area contributed by atoms with Gasteiger partial charge in [-0.1, -0.05) is 78.9 Å². The van der Waals surface area contributed by atoms with Crippen LogP contribution in [0.25, 0.3) is 93.2 Å². The van der Waals surface area contributed by atoms with Crippen LogP contribution in [-0.4, -0.2) is 9.13 Å². The summed E-state index contributed by atoms with van der Waals surface area (Å²) in [7, 11) is 0. The topological polar surface area (TPSA) is 38.0 Å². The van der Waals surface area contributed by atoms with Crippen LogP contribution in [0, 0.1) is 31.8 Å². The Morgan fingerprint density at radius 1 is 0.456 bits per heavy atom. The molecule has 0 amide bonds. The minimum atomic E-state index is -5.08. The quantitative estimate of drug-likeness (QED) is 0.125. The fraction of sp³-hybridized carbons (Fsp3) is 0.0909. The van der Waals surface area contributed by atoms with Gasteiger partial charge in [0.2, 0.25) is 5.69 Å². The van der Waals surface area contributed by atoms with Gasteiger partial charge in [0.15, 0.2) is 0 Å². The van der Waals surface area contributed by atoms with Crippen molar-refractivity contribution >= 4 is 49.3 Å². The number of halogens is 9. The molecule has 10 aromatic rings. The summed E-state index contributed by atoms with van der Waals surface area (Å²) >= 11 is 0. The number of hydrogen-bond acceptors (Lipinski definition) is 1. The second-order valence-electron chi connectivity index (χ2n) is 16.7. The van der Waals surface area contributed by atoms with Gasteiger partial charge in [0.05, 0.1) is 68.3 Å². The summed E-state index contributed by atoms with van der Waals surface area (Å²) in [4.78, 5) is 4.22. The summed E-state index contributed by atoms with van der Waals surface area (Å²) in [6.45, 7) is 12.4. The molecular formula is C55H31F9N4. The number of rotatable bonds is 5. The van der Waals surface area contributed by atoms with E-state index < -0.39 is 35.2 Å². The summed E-state index contributed by atoms with van der Waals surface area (Å²) in [5.74, 6) is 0. The van der Waals surface area contributed by atoms with Gasteiger partial charge in [0, 0.05) is 21.5 Å². The van der Waals surface area contributed by atoms with Gasteiger partial charge >= 0.3 is 18.5 Å². The lowest BCUT2D eigenvalue weighted by molar-refractivity contribution is -0.143. The molecular weight excluding hydrogens is 888 g/mol. The third kappa shape index (κ3) is 7.37. The summed E-state index contributed by atoms with van der Waals surface area (Å²) in [6.07, 6.45) is -14.8. The highest BCUT2D eigenvalue weighted by atomic mass is 19.4. The van der Waals surface area contributed by atoms with Gasteiger partial charge in [-0.25, -0.2) is 4.85 Å². The first-order valence-corrected chi connectivity index (χ1v) is 21.0. The first-order valence-electron chi connectivity index (χ1n) is 21.0. The second-order valence-corrected chi connectivity index (χ2v) is 16.7. The molecule has 0 unspecified atom stereocenters. The first kappa shape index (κ1) is 43.6. The second kappa shape index (κ2) is 15.7. The summed E-state index contributed by atoms with van der Waals surface area (Å²) < 4.78 is 131. The number of para-hydroxylation sites is 2. The van der Waals surface area contributed by atoms with Gasteiger partial charge in [-0.2, -0.15) is 44.8 Å². The predicted octanol–water partition coefficient (Wildman–Crippen LogP) is 17.0. The van der Waals surface area contributed by atoms with Crippen molar-refractivity contribution < 1.29 is 39.5 Å². The van der Waals surface area contributed by atoms with Crippen LogP contribution in [0.5, 0.6) is 0 Å². The lowest BCUT2D eigenvalue weighted by Crippen LogP contribution is -2.11. The van der Waals surface area contributed by atoms with Crippen LogP contribution in [0.1, 0.15) is 33.4 Å². The van der Waals surface area contributed by atoms with Crippen LogP contribution >= 0.6 is 0 Å². The molecule has 13 heteroatoms. The number of nitriles is 1. The van der Waals surface area contributed by atoms with Crippen LogP contribution in [-0.2, 0) is 18.5 Å². The smallest absolute Gasteiger partial charge is 0.319 e. The van der Waals surface area contributed by atoms with E-state index >= 15 is 0 Å². The molecule has 0 spiro atoms. The number of aromatic nitrogens is 2. The van der Waals surface area contributed by atoms with E-state index in [-0.39, 0.29) is 22.9 Å². The molecule has 0 N–H and O–H groups in total. The van der Waals surface area contributed by atoms with E-state index in [4.69, 9.17) is 6.57 Å². The van der Waals surface area contributed by atoms with Crippen LogP contribution < -0.4 is 0 Å². The molecule has 0 aliphatic carbocycles. The lowest BCUT2D eigenvalue weighted by Gasteiger charge is -2.21. The Morgan fingerprint density at radius 2 is 0.926 bits per heavy atom. The van der Waals surface area contributed by atoms with Crippen molar-refractivity contribution in [2.75, 3.05) is 0 Å². The van der Waals surface area contributed by atoms with Crippen LogP contribution in [0.4, 0.5) is 45.2 Å². The predicted molar refractivity (Wildman–Crippen MR) is 247 cm³/mol. The van der Waals surface area contributed by atoms with Crippen molar-refractivity contribution in [3.05, 3.63) is 196 Å². The van der Waals surface area contributed by atoms with E-state index in [0.717, 1.165) is 28.5 Å². The van der Waals surface area contributed by atoms with Crippen LogP contribution in [0.2, 0.25) is 0 Å². The number of alkyl halides is 9. The lowest BCUT2D eigenvalue weighted by atomic mass is 9.96. The molecule has 0 aliphatic heterocycles. The molecule has 10 rings (SSSR count). The Balaban J connectivity index is 1.32. The highest BCUT2D eigenvalue weighted by molar-refractivity contribution is 6.13. The van der Waals surface area contributed by atoms with E-state index in [1.165, 1.54) is 12.1 Å². The van der Waals surface area contributed by atoms with Crippen LogP contribution in [0.15, 0.2) is 152 Å². The third-order valence-corrected chi connectivity index (χ3v) is 12.2. The number of nitrogens with zero attached hydrogens (tertiary/aromatic N) is 4. The monoisotopic (exact) mass is 918 g/mol. The highest BCUT2D eigenvalue weighted by Crippen LogP contribution is 2.48. The number of fused-ring (bicyclic) bond motifs is 6. The molecule has 0 saturated heterocycles. The van der Waals surface area contributed by atoms with E-state index in [1.54, 1.807) is 78.2 Å². The van der Waals surface area contributed by atoms with Gasteiger partial charge < -0.3 is 9.13 Å². The Labute approximate surface area is 381 Å². The highest BCUT2D eigenvalue weighted by Gasteiger charge is 2.37. The fourth-order valence-corrected chi connectivity index (χ4v) is 9.36. The Bertz CT molecular complexity index is 3780. The Hall–Kier alpha value is -8.29. The molecule has 0 aliphatic rings. The average molecular weight is 919 g/mol. The SMILES string of the molecule is [C-]#[N+]c1c(-n2c3ccccc3c3ccc(-c4cc(C(F)(F)F)cc(C(F)(F)F)c4)cc32)ccc(-c2cc(C)cc(C#N)c2)c1-n1c2ccccc2c2ccc(-c3cc(C)cc(C(F)(F)F)c3)cc21. The largest absolute Gasteiger partial charge is 0.416 e. The summed E-state index contributed by atoms with van der Waals surface area (Å²) in [6, 6.07) is 40.8. The average Bonchev–Trinajstić information content (AvgIpc) is 3.81. The zero-order valence-electron chi connectivity index (χ0n) is 35.6. The molecule has 4 nitrogen and oxygen atoms in total. The number of hydrogen-bond donors (Lipinski definition) is 0. The maximum absolute atomic E-state index is 14.2. The maximum atomic E-state index is 14.2. The standard InChI is InChI=1S/C55H31F9N4/c1-30-18-32(29-65)22-37(20-30)41-16-17-48(67-46-10-6-4-8-42(46)44-14-13-34(26-49(44)67)36-24-39(54(59,60)61)28-40(25-36)55(62,63)64)51(66-3)52(41)68-47-11-7-5-9-43(47)45-15-12-33(27-50(45)68)35-19-31(2)21-38(23-35)53(56,57)58/h4-28H,1-2H3.